The zero-order valence-corrected chi connectivity index (χ0v) is 19.0. The molecule has 0 bridgehead atoms. The normalized spacial score (nSPS) is 12.9. The van der Waals surface area contributed by atoms with Crippen LogP contribution in [0.1, 0.15) is 24.8 Å². The first-order chi connectivity index (χ1) is 16.5. The number of carbonyl (C=O) groups is 5. The molecule has 0 aliphatic rings. The third-order valence-electron chi connectivity index (χ3n) is 4.69. The second kappa shape index (κ2) is 14.8. The second-order valence-corrected chi connectivity index (χ2v) is 7.52. The summed E-state index contributed by atoms with van der Waals surface area (Å²) in [7, 11) is 0. The van der Waals surface area contributed by atoms with Gasteiger partial charge in [-0.15, -0.1) is 0 Å². The zero-order chi connectivity index (χ0) is 26.4. The molecule has 0 radical (unpaired) electrons. The molecule has 192 valence electrons. The lowest BCUT2D eigenvalue weighted by atomic mass is 10.0. The van der Waals surface area contributed by atoms with Gasteiger partial charge in [-0.05, 0) is 18.4 Å². The number of carboxylic acids is 2. The Hall–Kier alpha value is -4.20. The van der Waals surface area contributed by atoms with Crippen molar-refractivity contribution in [1.29, 1.82) is 0 Å². The Bertz CT molecular complexity index is 920. The molecule has 11 N–H and O–H groups in total. The Balaban J connectivity index is 3.07. The summed E-state index contributed by atoms with van der Waals surface area (Å²) in [5.74, 6) is -5.34. The molecule has 0 aliphatic carbocycles. The topological polar surface area (TPSA) is 252 Å². The molecule has 3 unspecified atom stereocenters. The molecule has 0 fully saturated rings. The maximum Gasteiger partial charge on any atom is 0.326 e. The number of hydrogen-bond acceptors (Lipinski definition) is 7. The maximum atomic E-state index is 13.0. The van der Waals surface area contributed by atoms with Crippen molar-refractivity contribution in [3.05, 3.63) is 35.9 Å². The van der Waals surface area contributed by atoms with Crippen LogP contribution in [-0.2, 0) is 30.4 Å². The molecule has 0 saturated carbocycles. The molecule has 1 aromatic rings. The van der Waals surface area contributed by atoms with E-state index in [1.54, 1.807) is 30.3 Å². The first-order valence-corrected chi connectivity index (χ1v) is 10.7. The van der Waals surface area contributed by atoms with Gasteiger partial charge in [0.1, 0.15) is 18.1 Å². The van der Waals surface area contributed by atoms with E-state index in [-0.39, 0.29) is 31.9 Å². The Labute approximate surface area is 201 Å². The van der Waals surface area contributed by atoms with Crippen LogP contribution in [0.4, 0.5) is 0 Å². The number of rotatable bonds is 15. The van der Waals surface area contributed by atoms with Crippen LogP contribution in [0.15, 0.2) is 35.3 Å². The van der Waals surface area contributed by atoms with E-state index in [0.29, 0.717) is 12.0 Å². The summed E-state index contributed by atoms with van der Waals surface area (Å²) < 4.78 is 0. The molecule has 1 aromatic carbocycles. The van der Waals surface area contributed by atoms with E-state index in [2.05, 4.69) is 20.9 Å². The molecule has 3 amide bonds. The average molecular weight is 494 g/mol. The number of carbonyl (C=O) groups excluding carboxylic acids is 3. The summed E-state index contributed by atoms with van der Waals surface area (Å²) >= 11 is 0. The highest BCUT2D eigenvalue weighted by atomic mass is 16.4. The molecule has 35 heavy (non-hydrogen) atoms. The van der Waals surface area contributed by atoms with Crippen LogP contribution in [0.5, 0.6) is 0 Å². The van der Waals surface area contributed by atoms with E-state index in [4.69, 9.17) is 22.3 Å². The van der Waals surface area contributed by atoms with Crippen molar-refractivity contribution in [3.63, 3.8) is 0 Å². The van der Waals surface area contributed by atoms with Gasteiger partial charge in [-0.3, -0.25) is 24.2 Å². The minimum Gasteiger partial charge on any atom is -0.481 e. The van der Waals surface area contributed by atoms with E-state index in [1.807, 2.05) is 0 Å². The summed E-state index contributed by atoms with van der Waals surface area (Å²) in [6.07, 6.45) is -0.447. The first kappa shape index (κ1) is 28.8. The summed E-state index contributed by atoms with van der Waals surface area (Å²) in [6, 6.07) is 4.51. The van der Waals surface area contributed by atoms with Gasteiger partial charge in [-0.1, -0.05) is 30.3 Å². The number of nitrogens with zero attached hydrogens (tertiary/aromatic N) is 1. The van der Waals surface area contributed by atoms with Crippen molar-refractivity contribution in [2.75, 3.05) is 13.1 Å². The van der Waals surface area contributed by atoms with Gasteiger partial charge in [-0.2, -0.15) is 0 Å². The van der Waals surface area contributed by atoms with Crippen molar-refractivity contribution < 1.29 is 34.2 Å². The molecule has 1 rings (SSSR count). The van der Waals surface area contributed by atoms with Gasteiger partial charge in [0.15, 0.2) is 5.96 Å². The van der Waals surface area contributed by atoms with Crippen LogP contribution >= 0.6 is 0 Å². The van der Waals surface area contributed by atoms with E-state index >= 15 is 0 Å². The fraction of sp³-hybridized carbons (Fsp3) is 0.429. The third-order valence-corrected chi connectivity index (χ3v) is 4.69. The highest BCUT2D eigenvalue weighted by Crippen LogP contribution is 2.07. The lowest BCUT2D eigenvalue weighted by molar-refractivity contribution is -0.147. The molecular formula is C21H31N7O7. The second-order valence-electron chi connectivity index (χ2n) is 7.52. The van der Waals surface area contributed by atoms with Gasteiger partial charge >= 0.3 is 11.9 Å². The predicted octanol–water partition coefficient (Wildman–Crippen LogP) is -2.74. The number of guanidine groups is 1. The highest BCUT2D eigenvalue weighted by molar-refractivity contribution is 5.94. The third kappa shape index (κ3) is 11.5. The van der Waals surface area contributed by atoms with E-state index in [1.165, 1.54) is 0 Å². The number of amides is 3. The number of nitrogens with two attached hydrogens (primary N) is 3. The van der Waals surface area contributed by atoms with Crippen LogP contribution in [-0.4, -0.2) is 77.0 Å². The average Bonchev–Trinajstić information content (AvgIpc) is 2.79. The monoisotopic (exact) mass is 493 g/mol. The molecule has 0 aromatic heterocycles. The van der Waals surface area contributed by atoms with Gasteiger partial charge in [0.25, 0.3) is 0 Å². The number of hydrogen-bond donors (Lipinski definition) is 8. The van der Waals surface area contributed by atoms with Crippen LogP contribution < -0.4 is 33.2 Å². The maximum absolute atomic E-state index is 13.0. The standard InChI is InChI=1S/C21H31N7O7/c22-11-16(29)26-13(7-4-8-25-21(23)24)18(32)27-14(9-12-5-2-1-3-6-12)19(33)28-15(20(34)35)10-17(30)31/h1-3,5-6,13-15H,4,7-11,22H2,(H,26,29)(H,27,32)(H,28,33)(H,30,31)(H,34,35)(H4,23,24,25). The van der Waals surface area contributed by atoms with E-state index in [0.717, 1.165) is 0 Å². The van der Waals surface area contributed by atoms with Crippen LogP contribution in [0.25, 0.3) is 0 Å². The summed E-state index contributed by atoms with van der Waals surface area (Å²) in [4.78, 5) is 63.8. The number of carboxylic acid groups (broad SMARTS) is 2. The van der Waals surface area contributed by atoms with Gasteiger partial charge in [0, 0.05) is 13.0 Å². The van der Waals surface area contributed by atoms with Gasteiger partial charge in [-0.25, -0.2) is 4.79 Å². The molecule has 0 saturated heterocycles. The van der Waals surface area contributed by atoms with Gasteiger partial charge < -0.3 is 43.4 Å². The zero-order valence-electron chi connectivity index (χ0n) is 19.0. The van der Waals surface area contributed by atoms with Gasteiger partial charge in [0.05, 0.1) is 13.0 Å². The fourth-order valence-electron chi connectivity index (χ4n) is 3.00. The van der Waals surface area contributed by atoms with Crippen molar-refractivity contribution in [3.8, 4) is 0 Å². The summed E-state index contributed by atoms with van der Waals surface area (Å²) in [5, 5.41) is 25.3. The van der Waals surface area contributed by atoms with Crippen LogP contribution in [0, 0.1) is 0 Å². The van der Waals surface area contributed by atoms with Crippen molar-refractivity contribution in [1.82, 2.24) is 16.0 Å². The van der Waals surface area contributed by atoms with Crippen molar-refractivity contribution >= 4 is 35.6 Å². The fourth-order valence-corrected chi connectivity index (χ4v) is 3.00. The summed E-state index contributed by atoms with van der Waals surface area (Å²) in [5.41, 5.74) is 16.5. The predicted molar refractivity (Wildman–Crippen MR) is 125 cm³/mol. The molecule has 14 nitrogen and oxygen atoms in total. The molecule has 3 atom stereocenters. The number of benzene rings is 1. The lowest BCUT2D eigenvalue weighted by Crippen LogP contribution is -2.57. The number of aliphatic imine (C=N–C) groups is 1. The Morgan fingerprint density at radius 1 is 0.886 bits per heavy atom. The summed E-state index contributed by atoms with van der Waals surface area (Å²) in [6.45, 7) is -0.185. The minimum atomic E-state index is -1.71. The molecule has 0 heterocycles. The molecule has 14 heteroatoms. The number of aliphatic carboxylic acids is 2. The van der Waals surface area contributed by atoms with E-state index in [9.17, 15) is 29.1 Å². The highest BCUT2D eigenvalue weighted by Gasteiger charge is 2.30. The lowest BCUT2D eigenvalue weighted by Gasteiger charge is -2.24. The SMILES string of the molecule is NCC(=O)NC(CCCN=C(N)N)C(=O)NC(Cc1ccccc1)C(=O)NC(CC(=O)O)C(=O)O. The minimum absolute atomic E-state index is 0.0244. The quantitative estimate of drug-likeness (QED) is 0.0710. The Morgan fingerprint density at radius 3 is 2.03 bits per heavy atom. The van der Waals surface area contributed by atoms with Crippen LogP contribution in [0.3, 0.4) is 0 Å². The Morgan fingerprint density at radius 2 is 1.49 bits per heavy atom. The van der Waals surface area contributed by atoms with Crippen molar-refractivity contribution in [2.45, 2.75) is 43.8 Å². The van der Waals surface area contributed by atoms with E-state index < -0.39 is 54.2 Å². The molecule has 0 spiro atoms. The van der Waals surface area contributed by atoms with Crippen LogP contribution in [0.2, 0.25) is 0 Å². The van der Waals surface area contributed by atoms with Crippen molar-refractivity contribution in [2.24, 2.45) is 22.2 Å². The largest absolute Gasteiger partial charge is 0.481 e. The first-order valence-electron chi connectivity index (χ1n) is 10.7. The van der Waals surface area contributed by atoms with Gasteiger partial charge in [0.2, 0.25) is 17.7 Å². The molecular weight excluding hydrogens is 462 g/mol. The Kier molecular flexibility index (Phi) is 12.2. The number of nitrogens with one attached hydrogen (secondary N) is 3. The molecule has 0 aliphatic heterocycles. The smallest absolute Gasteiger partial charge is 0.326 e.